The van der Waals surface area contributed by atoms with Crippen molar-refractivity contribution in [3.8, 4) is 6.07 Å². The molecule has 0 aliphatic heterocycles. The van der Waals surface area contributed by atoms with E-state index in [2.05, 4.69) is 10.4 Å². The number of hydrogen-bond donors (Lipinski definition) is 1. The fourth-order valence-corrected chi connectivity index (χ4v) is 2.40. The van der Waals surface area contributed by atoms with E-state index < -0.39 is 6.04 Å². The molecular weight excluding hydrogens is 304 g/mol. The summed E-state index contributed by atoms with van der Waals surface area (Å²) in [4.78, 5) is 24.9. The molecular formula is C18H14N4O2. The maximum atomic E-state index is 12.5. The van der Waals surface area contributed by atoms with Gasteiger partial charge in [0.25, 0.3) is 5.56 Å². The monoisotopic (exact) mass is 318 g/mol. The lowest BCUT2D eigenvalue weighted by molar-refractivity contribution is -0.119. The molecule has 2 aromatic carbocycles. The van der Waals surface area contributed by atoms with Gasteiger partial charge >= 0.3 is 0 Å². The number of carbonyl (C=O) groups excluding carboxylic acids is 1. The number of benzene rings is 2. The Balaban J connectivity index is 1.90. The van der Waals surface area contributed by atoms with Gasteiger partial charge in [-0.15, -0.1) is 0 Å². The van der Waals surface area contributed by atoms with E-state index in [1.807, 2.05) is 12.1 Å². The molecule has 0 unspecified atom stereocenters. The van der Waals surface area contributed by atoms with Crippen molar-refractivity contribution in [2.45, 2.75) is 13.0 Å². The molecule has 0 saturated heterocycles. The van der Waals surface area contributed by atoms with E-state index in [0.717, 1.165) is 10.1 Å². The quantitative estimate of drug-likeness (QED) is 0.803. The van der Waals surface area contributed by atoms with Crippen molar-refractivity contribution in [2.75, 3.05) is 5.32 Å². The summed E-state index contributed by atoms with van der Waals surface area (Å²) < 4.78 is 1.16. The smallest absolute Gasteiger partial charge is 0.275 e. The van der Waals surface area contributed by atoms with Crippen LogP contribution in [0.4, 0.5) is 5.69 Å². The lowest BCUT2D eigenvalue weighted by Crippen LogP contribution is -2.33. The number of aromatic nitrogens is 2. The fourth-order valence-electron chi connectivity index (χ4n) is 2.40. The van der Waals surface area contributed by atoms with Crippen molar-refractivity contribution in [3.63, 3.8) is 0 Å². The van der Waals surface area contributed by atoms with Crippen molar-refractivity contribution in [3.05, 3.63) is 70.6 Å². The Hall–Kier alpha value is -3.46. The number of nitrogens with one attached hydrogen (secondary N) is 1. The Morgan fingerprint density at radius 3 is 2.83 bits per heavy atom. The van der Waals surface area contributed by atoms with E-state index in [1.165, 1.54) is 0 Å². The van der Waals surface area contributed by atoms with Gasteiger partial charge in [0, 0.05) is 11.1 Å². The molecule has 6 nitrogen and oxygen atoms in total. The molecule has 1 aromatic heterocycles. The first kappa shape index (κ1) is 15.4. The summed E-state index contributed by atoms with van der Waals surface area (Å²) in [5.74, 6) is -0.380. The van der Waals surface area contributed by atoms with Gasteiger partial charge in [0.05, 0.1) is 23.2 Å². The second-order valence-electron chi connectivity index (χ2n) is 5.34. The number of anilines is 1. The third kappa shape index (κ3) is 2.88. The summed E-state index contributed by atoms with van der Waals surface area (Å²) in [7, 11) is 0. The van der Waals surface area contributed by atoms with E-state index >= 15 is 0 Å². The highest BCUT2D eigenvalue weighted by Crippen LogP contribution is 2.13. The molecule has 0 spiro atoms. The van der Waals surface area contributed by atoms with Crippen molar-refractivity contribution in [1.29, 1.82) is 5.26 Å². The lowest BCUT2D eigenvalue weighted by Gasteiger charge is -2.14. The summed E-state index contributed by atoms with van der Waals surface area (Å²) >= 11 is 0. The molecule has 1 heterocycles. The van der Waals surface area contributed by atoms with Crippen LogP contribution in [0, 0.1) is 11.3 Å². The number of rotatable bonds is 3. The number of hydrogen-bond acceptors (Lipinski definition) is 4. The van der Waals surface area contributed by atoms with Crippen molar-refractivity contribution >= 4 is 22.4 Å². The van der Waals surface area contributed by atoms with Gasteiger partial charge in [0.2, 0.25) is 5.91 Å². The number of amides is 1. The first-order chi connectivity index (χ1) is 11.6. The highest BCUT2D eigenvalue weighted by atomic mass is 16.2. The zero-order valence-corrected chi connectivity index (χ0v) is 12.9. The molecule has 1 atom stereocenters. The Kier molecular flexibility index (Phi) is 4.08. The Morgan fingerprint density at radius 1 is 1.25 bits per heavy atom. The summed E-state index contributed by atoms with van der Waals surface area (Å²) in [5.41, 5.74) is 0.628. The van der Waals surface area contributed by atoms with E-state index in [9.17, 15) is 9.59 Å². The molecule has 0 aliphatic rings. The standard InChI is InChI=1S/C18H14N4O2/c1-12(17(23)21-15-7-4-5-13(9-15)10-19)22-18(24)16-8-3-2-6-14(16)11-20-22/h2-9,11-12H,1H3,(H,21,23)/t12-/m1/s1. The first-order valence-electron chi connectivity index (χ1n) is 7.38. The van der Waals surface area contributed by atoms with Gasteiger partial charge in [-0.05, 0) is 31.2 Å². The van der Waals surface area contributed by atoms with E-state index in [0.29, 0.717) is 16.6 Å². The molecule has 1 amide bonds. The average Bonchev–Trinajstić information content (AvgIpc) is 2.62. The first-order valence-corrected chi connectivity index (χ1v) is 7.38. The van der Waals surface area contributed by atoms with Gasteiger partial charge in [-0.2, -0.15) is 10.4 Å². The molecule has 0 fully saturated rings. The number of fused-ring (bicyclic) bond motifs is 1. The van der Waals surface area contributed by atoms with Crippen molar-refractivity contribution in [1.82, 2.24) is 9.78 Å². The molecule has 24 heavy (non-hydrogen) atoms. The van der Waals surface area contributed by atoms with E-state index in [1.54, 1.807) is 55.6 Å². The van der Waals surface area contributed by atoms with Crippen LogP contribution < -0.4 is 10.9 Å². The predicted octanol–water partition coefficient (Wildman–Crippen LogP) is 2.47. The van der Waals surface area contributed by atoms with Crippen LogP contribution in [0.3, 0.4) is 0 Å². The number of carbonyl (C=O) groups is 1. The predicted molar refractivity (Wildman–Crippen MR) is 90.5 cm³/mol. The average molecular weight is 318 g/mol. The summed E-state index contributed by atoms with van der Waals surface area (Å²) in [6.07, 6.45) is 1.57. The van der Waals surface area contributed by atoms with E-state index in [4.69, 9.17) is 5.26 Å². The molecule has 3 rings (SSSR count). The Labute approximate surface area is 138 Å². The topological polar surface area (TPSA) is 87.8 Å². The van der Waals surface area contributed by atoms with Crippen LogP contribution in [0.1, 0.15) is 18.5 Å². The second kappa shape index (κ2) is 6.34. The minimum absolute atomic E-state index is 0.318. The van der Waals surface area contributed by atoms with Gasteiger partial charge in [-0.3, -0.25) is 9.59 Å². The lowest BCUT2D eigenvalue weighted by atomic mass is 10.2. The van der Waals surface area contributed by atoms with Gasteiger partial charge in [0.15, 0.2) is 0 Å². The second-order valence-corrected chi connectivity index (χ2v) is 5.34. The molecule has 6 heteroatoms. The van der Waals surface area contributed by atoms with Crippen molar-refractivity contribution < 1.29 is 4.79 Å². The van der Waals surface area contributed by atoms with E-state index in [-0.39, 0.29) is 11.5 Å². The Bertz CT molecular complexity index is 1020. The molecule has 118 valence electrons. The van der Waals surface area contributed by atoms with Crippen LogP contribution >= 0.6 is 0 Å². The van der Waals surface area contributed by atoms with Crippen LogP contribution in [0.2, 0.25) is 0 Å². The Morgan fingerprint density at radius 2 is 2.04 bits per heavy atom. The third-order valence-electron chi connectivity index (χ3n) is 3.73. The van der Waals surface area contributed by atoms with Gasteiger partial charge in [0.1, 0.15) is 6.04 Å². The largest absolute Gasteiger partial charge is 0.324 e. The third-order valence-corrected chi connectivity index (χ3v) is 3.73. The number of nitriles is 1. The highest BCUT2D eigenvalue weighted by molar-refractivity contribution is 5.93. The molecule has 0 radical (unpaired) electrons. The molecule has 3 aromatic rings. The fraction of sp³-hybridized carbons (Fsp3) is 0.111. The minimum atomic E-state index is -0.784. The SMILES string of the molecule is C[C@H](C(=O)Nc1cccc(C#N)c1)n1ncc2ccccc2c1=O. The van der Waals surface area contributed by atoms with Crippen LogP contribution in [0.5, 0.6) is 0 Å². The van der Waals surface area contributed by atoms with Crippen LogP contribution in [0.25, 0.3) is 10.8 Å². The molecule has 0 aliphatic carbocycles. The normalized spacial score (nSPS) is 11.7. The zero-order valence-electron chi connectivity index (χ0n) is 12.9. The molecule has 0 bridgehead atoms. The van der Waals surface area contributed by atoms with Crippen LogP contribution in [-0.4, -0.2) is 15.7 Å². The van der Waals surface area contributed by atoms with Crippen LogP contribution in [-0.2, 0) is 4.79 Å². The number of nitrogens with zero attached hydrogens (tertiary/aromatic N) is 3. The van der Waals surface area contributed by atoms with Crippen LogP contribution in [0.15, 0.2) is 59.5 Å². The summed E-state index contributed by atoms with van der Waals surface area (Å²) in [6, 6.07) is 14.9. The molecule has 0 saturated carbocycles. The summed E-state index contributed by atoms with van der Waals surface area (Å²) in [5, 5.41) is 16.9. The maximum absolute atomic E-state index is 12.5. The van der Waals surface area contributed by atoms with Gasteiger partial charge in [-0.1, -0.05) is 24.3 Å². The summed E-state index contributed by atoms with van der Waals surface area (Å²) in [6.45, 7) is 1.60. The minimum Gasteiger partial charge on any atom is -0.324 e. The van der Waals surface area contributed by atoms with Gasteiger partial charge in [-0.25, -0.2) is 4.68 Å². The highest BCUT2D eigenvalue weighted by Gasteiger charge is 2.18. The van der Waals surface area contributed by atoms with Gasteiger partial charge < -0.3 is 5.32 Å². The zero-order chi connectivity index (χ0) is 17.1. The maximum Gasteiger partial charge on any atom is 0.275 e. The molecule has 1 N–H and O–H groups in total. The van der Waals surface area contributed by atoms with Crippen molar-refractivity contribution in [2.24, 2.45) is 0 Å².